The molecule has 2 aromatic rings. The number of carbonyl (C=O) groups is 1. The predicted octanol–water partition coefficient (Wildman–Crippen LogP) is 3.81. The number of hydrogen-bond donors (Lipinski definition) is 1. The number of rotatable bonds is 5. The van der Waals surface area contributed by atoms with Crippen molar-refractivity contribution in [2.75, 3.05) is 17.1 Å². The molecule has 3 rings (SSSR count). The van der Waals surface area contributed by atoms with Gasteiger partial charge in [0.1, 0.15) is 11.4 Å². The third kappa shape index (κ3) is 4.56. The standard InChI is InChI=1S/C22H28N2O4S/c1-6-29(26,27)24(5)17-10-8-16(9-11-17)21(25)23-19-14-22(3,4)28-20-12-7-15(2)13-18(19)20/h7-13,19H,6,14H2,1-5H3,(H,23,25). The van der Waals surface area contributed by atoms with Gasteiger partial charge in [-0.1, -0.05) is 17.7 Å². The van der Waals surface area contributed by atoms with Crippen molar-refractivity contribution in [1.82, 2.24) is 5.32 Å². The Morgan fingerprint density at radius 1 is 1.21 bits per heavy atom. The number of amides is 1. The van der Waals surface area contributed by atoms with Gasteiger partial charge in [-0.05, 0) is 58.0 Å². The monoisotopic (exact) mass is 416 g/mol. The van der Waals surface area contributed by atoms with Gasteiger partial charge in [-0.25, -0.2) is 8.42 Å². The van der Waals surface area contributed by atoms with E-state index in [0.29, 0.717) is 17.7 Å². The zero-order chi connectivity index (χ0) is 21.4. The van der Waals surface area contributed by atoms with Gasteiger partial charge in [-0.2, -0.15) is 0 Å². The molecule has 0 saturated carbocycles. The minimum absolute atomic E-state index is 0.0180. The highest BCUT2D eigenvalue weighted by Gasteiger charge is 2.34. The molecule has 29 heavy (non-hydrogen) atoms. The number of fused-ring (bicyclic) bond motifs is 1. The Balaban J connectivity index is 1.81. The maximum Gasteiger partial charge on any atom is 0.251 e. The molecular weight excluding hydrogens is 388 g/mol. The van der Waals surface area contributed by atoms with Crippen molar-refractivity contribution in [1.29, 1.82) is 0 Å². The van der Waals surface area contributed by atoms with Crippen LogP contribution in [0.2, 0.25) is 0 Å². The van der Waals surface area contributed by atoms with Gasteiger partial charge in [0, 0.05) is 24.6 Å². The lowest BCUT2D eigenvalue weighted by atomic mass is 9.88. The Morgan fingerprint density at radius 3 is 2.48 bits per heavy atom. The summed E-state index contributed by atoms with van der Waals surface area (Å²) in [5.41, 5.74) is 2.70. The van der Waals surface area contributed by atoms with Crippen LogP contribution < -0.4 is 14.4 Å². The van der Waals surface area contributed by atoms with Crippen LogP contribution in [0.1, 0.15) is 54.7 Å². The van der Waals surface area contributed by atoms with Crippen LogP contribution in [0.4, 0.5) is 5.69 Å². The lowest BCUT2D eigenvalue weighted by molar-refractivity contribution is 0.0619. The summed E-state index contributed by atoms with van der Waals surface area (Å²) in [5.74, 6) is 0.607. The maximum atomic E-state index is 12.9. The number of benzene rings is 2. The summed E-state index contributed by atoms with van der Waals surface area (Å²) in [7, 11) is -1.83. The quantitative estimate of drug-likeness (QED) is 0.804. The average molecular weight is 417 g/mol. The first-order valence-electron chi connectivity index (χ1n) is 9.69. The van der Waals surface area contributed by atoms with Crippen LogP contribution in [0.3, 0.4) is 0 Å². The molecule has 2 aromatic carbocycles. The van der Waals surface area contributed by atoms with Crippen LogP contribution in [0, 0.1) is 6.92 Å². The van der Waals surface area contributed by atoms with Crippen molar-refractivity contribution >= 4 is 21.6 Å². The topological polar surface area (TPSA) is 75.7 Å². The zero-order valence-electron chi connectivity index (χ0n) is 17.5. The summed E-state index contributed by atoms with van der Waals surface area (Å²) >= 11 is 0. The summed E-state index contributed by atoms with van der Waals surface area (Å²) in [6.45, 7) is 7.63. The molecule has 0 bridgehead atoms. The fraction of sp³-hybridized carbons (Fsp3) is 0.409. The number of aryl methyl sites for hydroxylation is 1. The molecule has 7 heteroatoms. The number of carbonyl (C=O) groups excluding carboxylic acids is 1. The summed E-state index contributed by atoms with van der Waals surface area (Å²) in [6, 6.07) is 12.4. The second kappa shape index (κ2) is 7.71. The summed E-state index contributed by atoms with van der Waals surface area (Å²) < 4.78 is 31.3. The Labute approximate surface area is 172 Å². The number of anilines is 1. The first-order chi connectivity index (χ1) is 13.5. The molecule has 1 aliphatic rings. The van der Waals surface area contributed by atoms with Crippen molar-refractivity contribution in [2.24, 2.45) is 0 Å². The molecule has 0 aliphatic carbocycles. The Bertz CT molecular complexity index is 1010. The molecule has 6 nitrogen and oxygen atoms in total. The van der Waals surface area contributed by atoms with Gasteiger partial charge in [0.25, 0.3) is 5.91 Å². The number of sulfonamides is 1. The van der Waals surface area contributed by atoms with Gasteiger partial charge in [0.05, 0.1) is 17.5 Å². The van der Waals surface area contributed by atoms with Gasteiger partial charge < -0.3 is 10.1 Å². The molecule has 0 saturated heterocycles. The Kier molecular flexibility index (Phi) is 5.63. The molecule has 0 spiro atoms. The minimum atomic E-state index is -3.34. The highest BCUT2D eigenvalue weighted by Crippen LogP contribution is 2.40. The number of hydrogen-bond acceptors (Lipinski definition) is 4. The van der Waals surface area contributed by atoms with E-state index >= 15 is 0 Å². The van der Waals surface area contributed by atoms with Crippen LogP contribution in [0.15, 0.2) is 42.5 Å². The molecule has 1 N–H and O–H groups in total. The van der Waals surface area contributed by atoms with Gasteiger partial charge in [0.15, 0.2) is 0 Å². The van der Waals surface area contributed by atoms with E-state index in [-0.39, 0.29) is 23.3 Å². The maximum absolute atomic E-state index is 12.9. The van der Waals surface area contributed by atoms with E-state index in [0.717, 1.165) is 16.9 Å². The minimum Gasteiger partial charge on any atom is -0.487 e. The van der Waals surface area contributed by atoms with Crippen molar-refractivity contribution in [3.05, 3.63) is 59.2 Å². The predicted molar refractivity (Wildman–Crippen MR) is 115 cm³/mol. The second-order valence-electron chi connectivity index (χ2n) is 8.05. The van der Waals surface area contributed by atoms with Gasteiger partial charge in [-0.3, -0.25) is 9.10 Å². The number of nitrogens with zero attached hydrogens (tertiary/aromatic N) is 1. The van der Waals surface area contributed by atoms with Crippen LogP contribution in [0.25, 0.3) is 0 Å². The normalized spacial score (nSPS) is 17.8. The summed E-state index contributed by atoms with van der Waals surface area (Å²) in [5, 5.41) is 3.11. The first kappa shape index (κ1) is 21.2. The molecule has 1 atom stereocenters. The van der Waals surface area contributed by atoms with E-state index in [1.54, 1.807) is 31.2 Å². The van der Waals surface area contributed by atoms with E-state index in [9.17, 15) is 13.2 Å². The van der Waals surface area contributed by atoms with E-state index in [2.05, 4.69) is 5.32 Å². The Morgan fingerprint density at radius 2 is 1.86 bits per heavy atom. The molecular formula is C22H28N2O4S. The van der Waals surface area contributed by atoms with Crippen LogP contribution >= 0.6 is 0 Å². The summed E-state index contributed by atoms with van der Waals surface area (Å²) in [4.78, 5) is 12.9. The average Bonchev–Trinajstić information content (AvgIpc) is 2.67. The third-order valence-electron chi connectivity index (χ3n) is 5.20. The van der Waals surface area contributed by atoms with Gasteiger partial charge in [-0.15, -0.1) is 0 Å². The van der Waals surface area contributed by atoms with E-state index in [1.807, 2.05) is 39.0 Å². The number of ether oxygens (including phenoxy) is 1. The Hall–Kier alpha value is -2.54. The van der Waals surface area contributed by atoms with Crippen molar-refractivity contribution < 1.29 is 17.9 Å². The zero-order valence-corrected chi connectivity index (χ0v) is 18.3. The van der Waals surface area contributed by atoms with Crippen LogP contribution in [-0.2, 0) is 10.0 Å². The fourth-order valence-corrected chi connectivity index (χ4v) is 4.35. The van der Waals surface area contributed by atoms with Crippen molar-refractivity contribution in [3.8, 4) is 5.75 Å². The van der Waals surface area contributed by atoms with Gasteiger partial charge >= 0.3 is 0 Å². The largest absolute Gasteiger partial charge is 0.487 e. The molecule has 156 valence electrons. The highest BCUT2D eigenvalue weighted by atomic mass is 32.2. The molecule has 0 radical (unpaired) electrons. The lowest BCUT2D eigenvalue weighted by Crippen LogP contribution is -2.41. The van der Waals surface area contributed by atoms with Crippen LogP contribution in [0.5, 0.6) is 5.75 Å². The molecule has 1 heterocycles. The smallest absolute Gasteiger partial charge is 0.251 e. The third-order valence-corrected chi connectivity index (χ3v) is 6.98. The molecule has 0 fully saturated rings. The van der Waals surface area contributed by atoms with Gasteiger partial charge in [0.2, 0.25) is 10.0 Å². The van der Waals surface area contributed by atoms with Crippen molar-refractivity contribution in [2.45, 2.75) is 45.8 Å². The van der Waals surface area contributed by atoms with E-state index in [4.69, 9.17) is 4.74 Å². The summed E-state index contributed by atoms with van der Waals surface area (Å²) in [6.07, 6.45) is 0.657. The molecule has 0 aromatic heterocycles. The second-order valence-corrected chi connectivity index (χ2v) is 10.3. The lowest BCUT2D eigenvalue weighted by Gasteiger charge is -2.38. The highest BCUT2D eigenvalue weighted by molar-refractivity contribution is 7.92. The molecule has 1 amide bonds. The molecule has 1 unspecified atom stereocenters. The fourth-order valence-electron chi connectivity index (χ4n) is 3.52. The molecule has 1 aliphatic heterocycles. The SMILES string of the molecule is CCS(=O)(=O)N(C)c1ccc(C(=O)NC2CC(C)(C)Oc3ccc(C)cc32)cc1. The first-order valence-corrected chi connectivity index (χ1v) is 11.3. The van der Waals surface area contributed by atoms with Crippen LogP contribution in [-0.4, -0.2) is 32.7 Å². The van der Waals surface area contributed by atoms with E-state index < -0.39 is 10.0 Å². The van der Waals surface area contributed by atoms with Crippen molar-refractivity contribution in [3.63, 3.8) is 0 Å². The number of nitrogens with one attached hydrogen (secondary N) is 1. The van der Waals surface area contributed by atoms with E-state index in [1.165, 1.54) is 11.4 Å².